The number of carbonyl (C=O) groups excluding carboxylic acids is 1. The summed E-state index contributed by atoms with van der Waals surface area (Å²) in [5, 5.41) is 3.09. The van der Waals surface area contributed by atoms with Crippen LogP contribution in [0.3, 0.4) is 0 Å². The lowest BCUT2D eigenvalue weighted by Gasteiger charge is -2.33. The van der Waals surface area contributed by atoms with Crippen LogP contribution in [0.15, 0.2) is 27.1 Å². The molecule has 0 saturated heterocycles. The molecule has 1 N–H and O–H groups in total. The number of benzene rings is 1. The highest BCUT2D eigenvalue weighted by atomic mass is 79.9. The molecule has 0 heterocycles. The van der Waals surface area contributed by atoms with Crippen molar-refractivity contribution in [3.63, 3.8) is 0 Å². The second kappa shape index (κ2) is 6.40. The largest absolute Gasteiger partial charge is 0.351 e. The number of rotatable bonds is 3. The summed E-state index contributed by atoms with van der Waals surface area (Å²) in [7, 11) is 0. The Kier molecular flexibility index (Phi) is 5.07. The average Bonchev–Trinajstić information content (AvgIpc) is 2.40. The van der Waals surface area contributed by atoms with Gasteiger partial charge in [0.25, 0.3) is 5.91 Å². The van der Waals surface area contributed by atoms with Crippen molar-refractivity contribution in [3.05, 3.63) is 32.7 Å². The Morgan fingerprint density at radius 1 is 1.26 bits per heavy atom. The lowest BCUT2D eigenvalue weighted by Crippen LogP contribution is -2.37. The maximum atomic E-state index is 12.2. The fourth-order valence-corrected chi connectivity index (χ4v) is 3.43. The van der Waals surface area contributed by atoms with Crippen molar-refractivity contribution in [3.8, 4) is 0 Å². The molecule has 1 amide bonds. The summed E-state index contributed by atoms with van der Waals surface area (Å²) >= 11 is 6.83. The molecule has 1 aliphatic carbocycles. The highest BCUT2D eigenvalue weighted by Crippen LogP contribution is 2.35. The molecule has 0 aromatic heterocycles. The first-order chi connectivity index (χ1) is 9.00. The number of amides is 1. The molecule has 0 bridgehead atoms. The number of carbonyl (C=O) groups is 1. The van der Waals surface area contributed by atoms with E-state index in [4.69, 9.17) is 0 Å². The zero-order valence-electron chi connectivity index (χ0n) is 11.1. The normalized spacial score (nSPS) is 18.1. The molecule has 0 spiro atoms. The van der Waals surface area contributed by atoms with Crippen LogP contribution in [-0.4, -0.2) is 12.5 Å². The molecule has 0 radical (unpaired) electrons. The minimum Gasteiger partial charge on any atom is -0.351 e. The van der Waals surface area contributed by atoms with Crippen molar-refractivity contribution in [2.45, 2.75) is 39.0 Å². The molecule has 4 heteroatoms. The molecule has 1 aliphatic rings. The minimum atomic E-state index is -0.0000246. The van der Waals surface area contributed by atoms with Crippen molar-refractivity contribution in [1.82, 2.24) is 5.32 Å². The van der Waals surface area contributed by atoms with E-state index >= 15 is 0 Å². The summed E-state index contributed by atoms with van der Waals surface area (Å²) in [5.41, 5.74) is 0.959. The van der Waals surface area contributed by atoms with Crippen LogP contribution in [0.1, 0.15) is 49.4 Å². The van der Waals surface area contributed by atoms with Gasteiger partial charge in [-0.05, 0) is 52.4 Å². The van der Waals surface area contributed by atoms with Crippen LogP contribution in [0.25, 0.3) is 0 Å². The van der Waals surface area contributed by atoms with E-state index in [9.17, 15) is 4.79 Å². The van der Waals surface area contributed by atoms with Gasteiger partial charge in [-0.25, -0.2) is 0 Å². The zero-order valence-corrected chi connectivity index (χ0v) is 14.3. The molecule has 2 nitrogen and oxygen atoms in total. The van der Waals surface area contributed by atoms with Gasteiger partial charge in [-0.3, -0.25) is 4.79 Å². The van der Waals surface area contributed by atoms with Gasteiger partial charge in [-0.15, -0.1) is 0 Å². The van der Waals surface area contributed by atoms with Crippen molar-refractivity contribution < 1.29 is 4.79 Å². The van der Waals surface area contributed by atoms with Crippen molar-refractivity contribution in [1.29, 1.82) is 0 Å². The van der Waals surface area contributed by atoms with Crippen molar-refractivity contribution in [2.24, 2.45) is 5.41 Å². The second-order valence-electron chi connectivity index (χ2n) is 5.68. The van der Waals surface area contributed by atoms with E-state index in [1.54, 1.807) is 0 Å². The molecule has 2 rings (SSSR count). The van der Waals surface area contributed by atoms with E-state index in [1.165, 1.54) is 32.1 Å². The third kappa shape index (κ3) is 4.06. The van der Waals surface area contributed by atoms with Crippen LogP contribution in [0, 0.1) is 5.41 Å². The molecule has 1 aromatic carbocycles. The van der Waals surface area contributed by atoms with Crippen LogP contribution in [0.4, 0.5) is 0 Å². The Labute approximate surface area is 131 Å². The molecule has 0 unspecified atom stereocenters. The van der Waals surface area contributed by atoms with Gasteiger partial charge in [0.2, 0.25) is 0 Å². The summed E-state index contributed by atoms with van der Waals surface area (Å²) in [6, 6.07) is 5.66. The quantitative estimate of drug-likeness (QED) is 0.782. The summed E-state index contributed by atoms with van der Waals surface area (Å²) in [6.07, 6.45) is 6.33. The number of hydrogen-bond acceptors (Lipinski definition) is 1. The fourth-order valence-electron chi connectivity index (χ4n) is 2.64. The van der Waals surface area contributed by atoms with E-state index in [0.717, 1.165) is 15.5 Å². The molecule has 1 fully saturated rings. The van der Waals surface area contributed by atoms with E-state index in [2.05, 4.69) is 44.1 Å². The number of nitrogens with one attached hydrogen (secondary N) is 1. The van der Waals surface area contributed by atoms with Crippen LogP contribution >= 0.6 is 31.9 Å². The molecular weight excluding hydrogens is 370 g/mol. The third-order valence-electron chi connectivity index (χ3n) is 3.91. The molecule has 19 heavy (non-hydrogen) atoms. The Morgan fingerprint density at radius 3 is 2.63 bits per heavy atom. The smallest absolute Gasteiger partial charge is 0.252 e. The molecule has 104 valence electrons. The first-order valence-corrected chi connectivity index (χ1v) is 8.32. The SMILES string of the molecule is CC1(CNC(=O)c2cc(Br)ccc2Br)CCCCC1. The predicted molar refractivity (Wildman–Crippen MR) is 85.4 cm³/mol. The molecular formula is C15H19Br2NO. The molecule has 1 aromatic rings. The van der Waals surface area contributed by atoms with Gasteiger partial charge in [-0.2, -0.15) is 0 Å². The van der Waals surface area contributed by atoms with E-state index in [-0.39, 0.29) is 11.3 Å². The highest BCUT2D eigenvalue weighted by Gasteiger charge is 2.27. The average molecular weight is 389 g/mol. The predicted octanol–water partition coefficient (Wildman–Crippen LogP) is 4.91. The van der Waals surface area contributed by atoms with Crippen LogP contribution in [0.2, 0.25) is 0 Å². The van der Waals surface area contributed by atoms with Gasteiger partial charge >= 0.3 is 0 Å². The van der Waals surface area contributed by atoms with Crippen molar-refractivity contribution in [2.75, 3.05) is 6.54 Å². The van der Waals surface area contributed by atoms with E-state index < -0.39 is 0 Å². The van der Waals surface area contributed by atoms with Crippen LogP contribution in [0.5, 0.6) is 0 Å². The van der Waals surface area contributed by atoms with Gasteiger partial charge in [0.1, 0.15) is 0 Å². The topological polar surface area (TPSA) is 29.1 Å². The molecule has 0 atom stereocenters. The number of hydrogen-bond donors (Lipinski definition) is 1. The van der Waals surface area contributed by atoms with E-state index in [0.29, 0.717) is 5.56 Å². The fraction of sp³-hybridized carbons (Fsp3) is 0.533. The van der Waals surface area contributed by atoms with Crippen molar-refractivity contribution >= 4 is 37.8 Å². The molecule has 1 saturated carbocycles. The summed E-state index contributed by atoms with van der Waals surface area (Å²) in [6.45, 7) is 3.05. The first-order valence-electron chi connectivity index (χ1n) is 6.73. The van der Waals surface area contributed by atoms with Crippen LogP contribution in [-0.2, 0) is 0 Å². The Bertz CT molecular complexity index is 467. The molecule has 0 aliphatic heterocycles. The summed E-state index contributed by atoms with van der Waals surface area (Å²) < 4.78 is 1.76. The standard InChI is InChI=1S/C15H19Br2NO/c1-15(7-3-2-4-8-15)10-18-14(19)12-9-11(16)5-6-13(12)17/h5-6,9H,2-4,7-8,10H2,1H3,(H,18,19). The Balaban J connectivity index is 1.99. The monoisotopic (exact) mass is 387 g/mol. The van der Waals surface area contributed by atoms with Gasteiger partial charge < -0.3 is 5.32 Å². The second-order valence-corrected chi connectivity index (χ2v) is 7.45. The van der Waals surface area contributed by atoms with Gasteiger partial charge in [0.15, 0.2) is 0 Å². The van der Waals surface area contributed by atoms with Gasteiger partial charge in [-0.1, -0.05) is 42.1 Å². The van der Waals surface area contributed by atoms with Crippen LogP contribution < -0.4 is 5.32 Å². The lowest BCUT2D eigenvalue weighted by atomic mass is 9.76. The van der Waals surface area contributed by atoms with Gasteiger partial charge in [0.05, 0.1) is 5.56 Å². The lowest BCUT2D eigenvalue weighted by molar-refractivity contribution is 0.0918. The summed E-state index contributed by atoms with van der Waals surface area (Å²) in [4.78, 5) is 12.2. The Hall–Kier alpha value is -0.350. The zero-order chi connectivity index (χ0) is 13.9. The van der Waals surface area contributed by atoms with Gasteiger partial charge in [0, 0.05) is 15.5 Å². The van der Waals surface area contributed by atoms with E-state index in [1.807, 2.05) is 18.2 Å². The highest BCUT2D eigenvalue weighted by molar-refractivity contribution is 9.11. The summed E-state index contributed by atoms with van der Waals surface area (Å²) in [5.74, 6) is -0.0000246. The number of halogens is 2. The third-order valence-corrected chi connectivity index (χ3v) is 5.09. The first kappa shape index (κ1) is 15.0. The maximum Gasteiger partial charge on any atom is 0.252 e. The maximum absolute atomic E-state index is 12.2. The Morgan fingerprint density at radius 2 is 1.95 bits per heavy atom. The minimum absolute atomic E-state index is 0.0000246.